The van der Waals surface area contributed by atoms with Gasteiger partial charge in [-0.25, -0.2) is 4.98 Å². The Morgan fingerprint density at radius 1 is 1.12 bits per heavy atom. The highest BCUT2D eigenvalue weighted by atomic mass is 19.4. The van der Waals surface area contributed by atoms with Crippen molar-refractivity contribution in [1.82, 2.24) is 29.9 Å². The number of fused-ring (bicyclic) bond motifs is 1. The van der Waals surface area contributed by atoms with E-state index in [1.165, 1.54) is 0 Å². The fraction of sp³-hybridized carbons (Fsp3) is 0.643. The second-order valence-electron chi connectivity index (χ2n) is 6.06. The summed E-state index contributed by atoms with van der Waals surface area (Å²) in [7, 11) is 1.75. The molecule has 2 aromatic rings. The Balaban J connectivity index is 1.79. The van der Waals surface area contributed by atoms with Crippen molar-refractivity contribution in [3.63, 3.8) is 0 Å². The number of aryl methyl sites for hydroxylation is 3. The van der Waals surface area contributed by atoms with Crippen LogP contribution in [0.2, 0.25) is 0 Å². The van der Waals surface area contributed by atoms with Gasteiger partial charge in [0, 0.05) is 20.0 Å². The molecule has 1 unspecified atom stereocenters. The van der Waals surface area contributed by atoms with Gasteiger partial charge in [-0.15, -0.1) is 15.3 Å². The van der Waals surface area contributed by atoms with Gasteiger partial charge in [-0.1, -0.05) is 0 Å². The van der Waals surface area contributed by atoms with E-state index >= 15 is 0 Å². The Hall–Kier alpha value is -2.26. The number of anilines is 1. The summed E-state index contributed by atoms with van der Waals surface area (Å²) in [6, 6.07) is 0. The molecule has 0 saturated carbocycles. The molecule has 0 N–H and O–H groups in total. The monoisotopic (exact) mass is 341 g/mol. The summed E-state index contributed by atoms with van der Waals surface area (Å²) < 4.78 is 40.5. The Bertz CT molecular complexity index is 740. The van der Waals surface area contributed by atoms with Crippen molar-refractivity contribution in [2.45, 2.75) is 46.0 Å². The molecule has 0 spiro atoms. The van der Waals surface area contributed by atoms with E-state index in [4.69, 9.17) is 0 Å². The number of aromatic nitrogens is 6. The molecule has 0 fully saturated rings. The average molecular weight is 341 g/mol. The minimum Gasteiger partial charge on any atom is -0.335 e. The Kier molecular flexibility index (Phi) is 4.14. The van der Waals surface area contributed by atoms with Gasteiger partial charge in [0.15, 0.2) is 5.82 Å². The zero-order valence-corrected chi connectivity index (χ0v) is 13.7. The highest BCUT2D eigenvalue weighted by molar-refractivity contribution is 5.28. The molecule has 10 heteroatoms. The van der Waals surface area contributed by atoms with Crippen molar-refractivity contribution in [3.05, 3.63) is 23.0 Å². The van der Waals surface area contributed by atoms with Crippen molar-refractivity contribution in [2.24, 2.45) is 5.92 Å². The molecule has 0 amide bonds. The van der Waals surface area contributed by atoms with Crippen LogP contribution in [0.25, 0.3) is 0 Å². The van der Waals surface area contributed by atoms with Gasteiger partial charge in [0.25, 0.3) is 0 Å². The molecule has 0 aromatic carbocycles. The topological polar surface area (TPSA) is 72.6 Å². The van der Waals surface area contributed by atoms with Crippen molar-refractivity contribution in [3.8, 4) is 0 Å². The normalized spacial score (nSPS) is 17.7. The number of halogens is 3. The first-order chi connectivity index (χ1) is 11.3. The van der Waals surface area contributed by atoms with Crippen molar-refractivity contribution < 1.29 is 13.2 Å². The molecule has 3 heterocycles. The molecule has 1 atom stereocenters. The van der Waals surface area contributed by atoms with Gasteiger partial charge < -0.3 is 9.47 Å². The first-order valence-electron chi connectivity index (χ1n) is 7.62. The predicted octanol–water partition coefficient (Wildman–Crippen LogP) is 1.84. The van der Waals surface area contributed by atoms with Crippen LogP contribution >= 0.6 is 0 Å². The first kappa shape index (κ1) is 16.6. The molecule has 0 bridgehead atoms. The van der Waals surface area contributed by atoms with E-state index in [1.54, 1.807) is 16.5 Å². The standard InChI is InChI=1S/C14H18F3N7/c1-8-9(2)19-22-13(18-8)23(3)7-12-21-20-11-5-4-10(6-24(11)12)14(15,16)17/h10H,4-7H2,1-3H3. The van der Waals surface area contributed by atoms with E-state index in [9.17, 15) is 13.2 Å². The summed E-state index contributed by atoms with van der Waals surface area (Å²) in [6.07, 6.45) is -3.86. The highest BCUT2D eigenvalue weighted by Gasteiger charge is 2.42. The van der Waals surface area contributed by atoms with E-state index in [2.05, 4.69) is 25.4 Å². The van der Waals surface area contributed by atoms with Crippen molar-refractivity contribution in [2.75, 3.05) is 11.9 Å². The zero-order valence-electron chi connectivity index (χ0n) is 13.7. The average Bonchev–Trinajstić information content (AvgIpc) is 2.91. The lowest BCUT2D eigenvalue weighted by Crippen LogP contribution is -2.33. The fourth-order valence-corrected chi connectivity index (χ4v) is 2.66. The van der Waals surface area contributed by atoms with E-state index in [1.807, 2.05) is 13.8 Å². The van der Waals surface area contributed by atoms with Crippen LogP contribution in [0.15, 0.2) is 0 Å². The van der Waals surface area contributed by atoms with Crippen molar-refractivity contribution >= 4 is 5.95 Å². The lowest BCUT2D eigenvalue weighted by molar-refractivity contribution is -0.182. The molecule has 130 valence electrons. The number of hydrogen-bond acceptors (Lipinski definition) is 6. The van der Waals surface area contributed by atoms with Crippen LogP contribution in [0.3, 0.4) is 0 Å². The van der Waals surface area contributed by atoms with Crippen LogP contribution in [0.5, 0.6) is 0 Å². The van der Waals surface area contributed by atoms with Gasteiger partial charge in [-0.2, -0.15) is 18.3 Å². The van der Waals surface area contributed by atoms with Gasteiger partial charge in [-0.05, 0) is 20.3 Å². The second-order valence-corrected chi connectivity index (χ2v) is 6.06. The SMILES string of the molecule is Cc1nnc(N(C)Cc2nnc3n2CC(C(F)(F)F)CC3)nc1C. The molecule has 7 nitrogen and oxygen atoms in total. The van der Waals surface area contributed by atoms with Crippen LogP contribution in [-0.4, -0.2) is 43.2 Å². The van der Waals surface area contributed by atoms with Gasteiger partial charge >= 0.3 is 6.18 Å². The number of rotatable bonds is 3. The van der Waals surface area contributed by atoms with Crippen LogP contribution in [0, 0.1) is 19.8 Å². The van der Waals surface area contributed by atoms with Crippen molar-refractivity contribution in [1.29, 1.82) is 0 Å². The summed E-state index contributed by atoms with van der Waals surface area (Å²) in [4.78, 5) is 6.04. The fourth-order valence-electron chi connectivity index (χ4n) is 2.66. The lowest BCUT2D eigenvalue weighted by atomic mass is 9.99. The van der Waals surface area contributed by atoms with E-state index < -0.39 is 12.1 Å². The van der Waals surface area contributed by atoms with Crippen LogP contribution in [0.4, 0.5) is 19.1 Å². The maximum atomic E-state index is 13.0. The minimum atomic E-state index is -4.20. The van der Waals surface area contributed by atoms with Gasteiger partial charge in [-0.3, -0.25) is 0 Å². The molecular formula is C14H18F3N7. The van der Waals surface area contributed by atoms with E-state index in [0.29, 0.717) is 17.6 Å². The molecule has 0 saturated heterocycles. The van der Waals surface area contributed by atoms with E-state index in [0.717, 1.165) is 11.4 Å². The number of hydrogen-bond donors (Lipinski definition) is 0. The predicted molar refractivity (Wildman–Crippen MR) is 79.3 cm³/mol. The summed E-state index contributed by atoms with van der Waals surface area (Å²) >= 11 is 0. The quantitative estimate of drug-likeness (QED) is 0.848. The zero-order chi connectivity index (χ0) is 17.5. The van der Waals surface area contributed by atoms with Crippen LogP contribution in [0.1, 0.15) is 29.5 Å². The Labute approximate surface area is 136 Å². The van der Waals surface area contributed by atoms with Crippen LogP contribution in [-0.2, 0) is 19.5 Å². The second kappa shape index (κ2) is 5.99. The molecule has 1 aliphatic heterocycles. The largest absolute Gasteiger partial charge is 0.393 e. The molecule has 0 aliphatic carbocycles. The summed E-state index contributed by atoms with van der Waals surface area (Å²) in [5.41, 5.74) is 1.49. The lowest BCUT2D eigenvalue weighted by Gasteiger charge is -2.27. The minimum absolute atomic E-state index is 0.0572. The van der Waals surface area contributed by atoms with Crippen LogP contribution < -0.4 is 4.90 Å². The number of alkyl halides is 3. The first-order valence-corrected chi connectivity index (χ1v) is 7.62. The summed E-state index contributed by atoms with van der Waals surface area (Å²) in [6.45, 7) is 3.77. The smallest absolute Gasteiger partial charge is 0.335 e. The third-order valence-electron chi connectivity index (χ3n) is 4.29. The molecule has 3 rings (SSSR count). The maximum Gasteiger partial charge on any atom is 0.393 e. The molecule has 0 radical (unpaired) electrons. The summed E-state index contributed by atoms with van der Waals surface area (Å²) in [5.74, 6) is 0.115. The number of nitrogens with zero attached hydrogens (tertiary/aromatic N) is 7. The van der Waals surface area contributed by atoms with Gasteiger partial charge in [0.2, 0.25) is 5.95 Å². The Morgan fingerprint density at radius 3 is 2.54 bits per heavy atom. The third-order valence-corrected chi connectivity index (χ3v) is 4.29. The maximum absolute atomic E-state index is 13.0. The van der Waals surface area contributed by atoms with Gasteiger partial charge in [0.05, 0.1) is 23.9 Å². The molecule has 24 heavy (non-hydrogen) atoms. The molecule has 1 aliphatic rings. The summed E-state index contributed by atoms with van der Waals surface area (Å²) in [5, 5.41) is 16.1. The van der Waals surface area contributed by atoms with Gasteiger partial charge in [0.1, 0.15) is 5.82 Å². The Morgan fingerprint density at radius 2 is 1.88 bits per heavy atom. The van der Waals surface area contributed by atoms with E-state index in [-0.39, 0.29) is 25.9 Å². The molecule has 2 aromatic heterocycles. The highest BCUT2D eigenvalue weighted by Crippen LogP contribution is 2.34. The molecular weight excluding hydrogens is 323 g/mol. The third kappa shape index (κ3) is 3.17.